The van der Waals surface area contributed by atoms with Crippen molar-refractivity contribution in [1.29, 1.82) is 0 Å². The Morgan fingerprint density at radius 2 is 1.90 bits per heavy atom. The lowest BCUT2D eigenvalue weighted by Crippen LogP contribution is -2.27. The molecule has 9 heteroatoms. The van der Waals surface area contributed by atoms with Crippen molar-refractivity contribution in [2.24, 2.45) is 0 Å². The fraction of sp³-hybridized carbons (Fsp3) is 0.0952. The molecular formula is C21H15NO6S2. The van der Waals surface area contributed by atoms with Crippen LogP contribution in [-0.2, 0) is 16.1 Å². The molecule has 1 aromatic carbocycles. The van der Waals surface area contributed by atoms with Gasteiger partial charge in [-0.3, -0.25) is 14.5 Å². The van der Waals surface area contributed by atoms with E-state index in [1.54, 1.807) is 12.1 Å². The molecule has 0 bridgehead atoms. The number of amides is 2. The van der Waals surface area contributed by atoms with Gasteiger partial charge in [0.1, 0.15) is 11.5 Å². The Bertz CT molecular complexity index is 1130. The average Bonchev–Trinajstić information content (AvgIpc) is 3.46. The number of carbonyl (C=O) groups excluding carboxylic acids is 3. The predicted octanol–water partition coefficient (Wildman–Crippen LogP) is 5.05. The molecule has 0 atom stereocenters. The minimum absolute atomic E-state index is 0.00837. The Morgan fingerprint density at radius 1 is 1.10 bits per heavy atom. The molecule has 1 fully saturated rings. The molecule has 0 saturated carbocycles. The first kappa shape index (κ1) is 20.1. The third-order valence-electron chi connectivity index (χ3n) is 4.07. The topological polar surface area (TPSA) is 90.0 Å². The SMILES string of the molecule is COC(=O)c1ccc(CN2C(=O)SC(=Cc3ccc(Sc4ccccc4)o3)C2=O)o1. The third-order valence-corrected chi connectivity index (χ3v) is 5.91. The van der Waals surface area contributed by atoms with E-state index in [2.05, 4.69) is 4.74 Å². The van der Waals surface area contributed by atoms with E-state index in [1.165, 1.54) is 31.0 Å². The summed E-state index contributed by atoms with van der Waals surface area (Å²) in [6.45, 7) is -0.0771. The number of methoxy groups -OCH3 is 1. The summed E-state index contributed by atoms with van der Waals surface area (Å²) in [6.07, 6.45) is 1.54. The van der Waals surface area contributed by atoms with Crippen molar-refractivity contribution in [2.45, 2.75) is 16.5 Å². The van der Waals surface area contributed by atoms with Gasteiger partial charge in [-0.25, -0.2) is 4.79 Å². The van der Waals surface area contributed by atoms with Gasteiger partial charge in [-0.05, 0) is 48.2 Å². The summed E-state index contributed by atoms with van der Waals surface area (Å²) in [5.74, 6) is -0.288. The summed E-state index contributed by atoms with van der Waals surface area (Å²) in [5.41, 5.74) is 0. The van der Waals surface area contributed by atoms with Crippen molar-refractivity contribution in [2.75, 3.05) is 7.11 Å². The van der Waals surface area contributed by atoms with E-state index >= 15 is 0 Å². The number of ether oxygens (including phenoxy) is 1. The first-order valence-corrected chi connectivity index (χ1v) is 10.4. The van der Waals surface area contributed by atoms with Crippen LogP contribution >= 0.6 is 23.5 Å². The van der Waals surface area contributed by atoms with Crippen LogP contribution in [0.25, 0.3) is 6.08 Å². The molecule has 3 aromatic rings. The maximum Gasteiger partial charge on any atom is 0.373 e. The van der Waals surface area contributed by atoms with Crippen LogP contribution in [0.2, 0.25) is 0 Å². The quantitative estimate of drug-likeness (QED) is 0.388. The Kier molecular flexibility index (Phi) is 5.82. The fourth-order valence-electron chi connectivity index (χ4n) is 2.67. The first-order chi connectivity index (χ1) is 14.5. The van der Waals surface area contributed by atoms with E-state index in [1.807, 2.05) is 36.4 Å². The number of hydrogen-bond donors (Lipinski definition) is 0. The fourth-order valence-corrected chi connectivity index (χ4v) is 4.28. The zero-order valence-electron chi connectivity index (χ0n) is 15.7. The number of esters is 1. The molecule has 4 rings (SSSR count). The molecule has 3 heterocycles. The summed E-state index contributed by atoms with van der Waals surface area (Å²) in [6, 6.07) is 16.3. The van der Waals surface area contributed by atoms with Gasteiger partial charge in [-0.1, -0.05) is 30.0 Å². The Hall–Kier alpha value is -3.17. The second-order valence-electron chi connectivity index (χ2n) is 6.10. The van der Waals surface area contributed by atoms with E-state index in [0.717, 1.165) is 21.6 Å². The molecule has 30 heavy (non-hydrogen) atoms. The van der Waals surface area contributed by atoms with Crippen LogP contribution in [0, 0.1) is 0 Å². The van der Waals surface area contributed by atoms with Gasteiger partial charge in [0.15, 0.2) is 5.09 Å². The van der Waals surface area contributed by atoms with Crippen molar-refractivity contribution >= 4 is 46.7 Å². The lowest BCUT2D eigenvalue weighted by Gasteiger charge is -2.09. The van der Waals surface area contributed by atoms with Crippen LogP contribution in [0.4, 0.5) is 4.79 Å². The highest BCUT2D eigenvalue weighted by atomic mass is 32.2. The molecule has 0 radical (unpaired) electrons. The molecule has 2 amide bonds. The van der Waals surface area contributed by atoms with Crippen LogP contribution in [0.15, 0.2) is 78.3 Å². The normalized spacial score (nSPS) is 15.2. The molecule has 0 N–H and O–H groups in total. The molecule has 1 aliphatic rings. The van der Waals surface area contributed by atoms with Crippen molar-refractivity contribution in [3.8, 4) is 0 Å². The number of hydrogen-bond acceptors (Lipinski definition) is 8. The summed E-state index contributed by atoms with van der Waals surface area (Å²) in [4.78, 5) is 38.8. The standard InChI is InChI=1S/C21H15NO6S2/c1-26-20(24)16-9-7-14(27-16)12-22-19(23)17(30-21(22)25)11-13-8-10-18(28-13)29-15-5-3-2-4-6-15/h2-11H,12H2,1H3. The van der Waals surface area contributed by atoms with Crippen LogP contribution in [0.3, 0.4) is 0 Å². The van der Waals surface area contributed by atoms with Gasteiger partial charge in [-0.15, -0.1) is 0 Å². The highest BCUT2D eigenvalue weighted by Crippen LogP contribution is 2.35. The first-order valence-electron chi connectivity index (χ1n) is 8.78. The van der Waals surface area contributed by atoms with Crippen LogP contribution in [0.5, 0.6) is 0 Å². The molecule has 1 saturated heterocycles. The number of thioether (sulfide) groups is 1. The van der Waals surface area contributed by atoms with Gasteiger partial charge >= 0.3 is 5.97 Å². The molecule has 7 nitrogen and oxygen atoms in total. The number of benzene rings is 1. The Balaban J connectivity index is 1.45. The molecule has 1 aliphatic heterocycles. The second kappa shape index (κ2) is 8.68. The predicted molar refractivity (Wildman–Crippen MR) is 111 cm³/mol. The van der Waals surface area contributed by atoms with Crippen molar-refractivity contribution in [1.82, 2.24) is 4.90 Å². The van der Waals surface area contributed by atoms with Gasteiger partial charge in [-0.2, -0.15) is 0 Å². The number of rotatable bonds is 6. The van der Waals surface area contributed by atoms with Gasteiger partial charge in [0.05, 0.1) is 18.6 Å². The third kappa shape index (κ3) is 4.37. The van der Waals surface area contributed by atoms with Gasteiger partial charge in [0.2, 0.25) is 5.76 Å². The van der Waals surface area contributed by atoms with Crippen LogP contribution in [0.1, 0.15) is 22.1 Å². The van der Waals surface area contributed by atoms with E-state index in [-0.39, 0.29) is 17.2 Å². The highest BCUT2D eigenvalue weighted by Gasteiger charge is 2.36. The van der Waals surface area contributed by atoms with Crippen molar-refractivity contribution < 1.29 is 28.0 Å². The zero-order valence-corrected chi connectivity index (χ0v) is 17.3. The molecule has 0 aliphatic carbocycles. The van der Waals surface area contributed by atoms with E-state index < -0.39 is 17.1 Å². The lowest BCUT2D eigenvalue weighted by atomic mass is 10.3. The maximum absolute atomic E-state index is 12.7. The van der Waals surface area contributed by atoms with E-state index in [9.17, 15) is 14.4 Å². The zero-order chi connectivity index (χ0) is 21.1. The van der Waals surface area contributed by atoms with Gasteiger partial charge in [0, 0.05) is 11.0 Å². The molecule has 2 aromatic heterocycles. The summed E-state index contributed by atoms with van der Waals surface area (Å²) in [5, 5.41) is 0.255. The highest BCUT2D eigenvalue weighted by molar-refractivity contribution is 8.18. The number of furan rings is 2. The summed E-state index contributed by atoms with van der Waals surface area (Å²) < 4.78 is 15.7. The van der Waals surface area contributed by atoms with Gasteiger partial charge in [0.25, 0.3) is 11.1 Å². The van der Waals surface area contributed by atoms with Crippen molar-refractivity contribution in [3.05, 3.63) is 76.8 Å². The number of nitrogens with zero attached hydrogens (tertiary/aromatic N) is 1. The Labute approximate surface area is 180 Å². The molecule has 0 unspecified atom stereocenters. The monoisotopic (exact) mass is 441 g/mol. The van der Waals surface area contributed by atoms with Gasteiger partial charge < -0.3 is 13.6 Å². The molecule has 0 spiro atoms. The summed E-state index contributed by atoms with van der Waals surface area (Å²) in [7, 11) is 1.24. The maximum atomic E-state index is 12.7. The summed E-state index contributed by atoms with van der Waals surface area (Å²) >= 11 is 2.29. The molecular weight excluding hydrogens is 426 g/mol. The lowest BCUT2D eigenvalue weighted by molar-refractivity contribution is -0.123. The smallest absolute Gasteiger partial charge is 0.373 e. The average molecular weight is 441 g/mol. The van der Waals surface area contributed by atoms with Crippen LogP contribution < -0.4 is 0 Å². The van der Waals surface area contributed by atoms with E-state index in [0.29, 0.717) is 16.6 Å². The second-order valence-corrected chi connectivity index (χ2v) is 8.17. The van der Waals surface area contributed by atoms with Crippen LogP contribution in [-0.4, -0.2) is 29.1 Å². The van der Waals surface area contributed by atoms with E-state index in [4.69, 9.17) is 8.83 Å². The Morgan fingerprint density at radius 3 is 2.67 bits per heavy atom. The molecule has 152 valence electrons. The minimum Gasteiger partial charge on any atom is -0.463 e. The number of imide groups is 1. The number of carbonyl (C=O) groups is 3. The minimum atomic E-state index is -0.628. The largest absolute Gasteiger partial charge is 0.463 e. The van der Waals surface area contributed by atoms with Crippen molar-refractivity contribution in [3.63, 3.8) is 0 Å².